The van der Waals surface area contributed by atoms with Gasteiger partial charge in [-0.05, 0) is 54.9 Å². The number of rotatable bonds is 4. The monoisotopic (exact) mass is 250 g/mol. The van der Waals surface area contributed by atoms with E-state index in [1.807, 2.05) is 17.5 Å². The third-order valence-electron chi connectivity index (χ3n) is 4.10. The standard InChI is InChI=1S/C15H22OS/c1-11(2)13-7-5-12(6-8-13)10-14(16)15-4-3-9-17-15/h3-4,9,11-13H,5-8,10H2,1-2H3. The highest BCUT2D eigenvalue weighted by atomic mass is 32.1. The fourth-order valence-electron chi connectivity index (χ4n) is 2.86. The van der Waals surface area contributed by atoms with Gasteiger partial charge in [0.2, 0.25) is 0 Å². The molecule has 1 heterocycles. The van der Waals surface area contributed by atoms with E-state index in [-0.39, 0.29) is 0 Å². The number of hydrogen-bond donors (Lipinski definition) is 0. The maximum absolute atomic E-state index is 12.0. The molecule has 0 bridgehead atoms. The Labute approximate surface area is 108 Å². The van der Waals surface area contributed by atoms with Crippen molar-refractivity contribution in [1.82, 2.24) is 0 Å². The van der Waals surface area contributed by atoms with Gasteiger partial charge in [-0.2, -0.15) is 0 Å². The average molecular weight is 250 g/mol. The van der Waals surface area contributed by atoms with E-state index in [9.17, 15) is 4.79 Å². The lowest BCUT2D eigenvalue weighted by Crippen LogP contribution is -2.20. The Morgan fingerprint density at radius 2 is 2.06 bits per heavy atom. The lowest BCUT2D eigenvalue weighted by molar-refractivity contribution is 0.0941. The summed E-state index contributed by atoms with van der Waals surface area (Å²) in [6.07, 6.45) is 5.91. The Bertz CT molecular complexity index is 345. The second-order valence-corrected chi connectivity index (χ2v) is 6.58. The molecule has 0 saturated heterocycles. The van der Waals surface area contributed by atoms with Crippen LogP contribution in [0.4, 0.5) is 0 Å². The zero-order valence-corrected chi connectivity index (χ0v) is 11.6. The number of thiophene rings is 1. The van der Waals surface area contributed by atoms with E-state index >= 15 is 0 Å². The first-order valence-corrected chi connectivity index (χ1v) is 7.61. The predicted molar refractivity (Wildman–Crippen MR) is 73.6 cm³/mol. The SMILES string of the molecule is CC(C)C1CCC(CC(=O)c2cccs2)CC1. The molecular formula is C15H22OS. The number of ketones is 1. The molecular weight excluding hydrogens is 228 g/mol. The molecule has 0 aromatic carbocycles. The average Bonchev–Trinajstić information content (AvgIpc) is 2.83. The van der Waals surface area contributed by atoms with Crippen molar-refractivity contribution in [2.45, 2.75) is 46.0 Å². The topological polar surface area (TPSA) is 17.1 Å². The summed E-state index contributed by atoms with van der Waals surface area (Å²) in [4.78, 5) is 12.9. The van der Waals surface area contributed by atoms with Crippen molar-refractivity contribution in [2.75, 3.05) is 0 Å². The van der Waals surface area contributed by atoms with Gasteiger partial charge >= 0.3 is 0 Å². The molecule has 0 N–H and O–H groups in total. The maximum Gasteiger partial charge on any atom is 0.173 e. The number of hydrogen-bond acceptors (Lipinski definition) is 2. The van der Waals surface area contributed by atoms with Crippen LogP contribution in [0, 0.1) is 17.8 Å². The summed E-state index contributed by atoms with van der Waals surface area (Å²) in [5.41, 5.74) is 0. The zero-order chi connectivity index (χ0) is 12.3. The van der Waals surface area contributed by atoms with Crippen LogP contribution in [0.3, 0.4) is 0 Å². The van der Waals surface area contributed by atoms with Crippen LogP contribution in [0.1, 0.15) is 55.6 Å². The van der Waals surface area contributed by atoms with E-state index in [1.54, 1.807) is 11.3 Å². The molecule has 1 aromatic heterocycles. The minimum atomic E-state index is 0.355. The van der Waals surface area contributed by atoms with Crippen LogP contribution >= 0.6 is 11.3 Å². The van der Waals surface area contributed by atoms with Gasteiger partial charge in [0, 0.05) is 6.42 Å². The molecule has 2 heteroatoms. The first kappa shape index (κ1) is 12.8. The number of carbonyl (C=O) groups excluding carboxylic acids is 1. The van der Waals surface area contributed by atoms with Gasteiger partial charge in [-0.15, -0.1) is 11.3 Å². The van der Waals surface area contributed by atoms with Crippen LogP contribution in [0.15, 0.2) is 17.5 Å². The maximum atomic E-state index is 12.0. The lowest BCUT2D eigenvalue weighted by Gasteiger charge is -2.30. The smallest absolute Gasteiger partial charge is 0.173 e. The molecule has 0 amide bonds. The Hall–Kier alpha value is -0.630. The third-order valence-corrected chi connectivity index (χ3v) is 5.02. The fourth-order valence-corrected chi connectivity index (χ4v) is 3.53. The van der Waals surface area contributed by atoms with Crippen LogP contribution in [-0.4, -0.2) is 5.78 Å². The van der Waals surface area contributed by atoms with Gasteiger partial charge in [-0.3, -0.25) is 4.79 Å². The van der Waals surface area contributed by atoms with Crippen LogP contribution < -0.4 is 0 Å². The Morgan fingerprint density at radius 1 is 1.35 bits per heavy atom. The summed E-state index contributed by atoms with van der Waals surface area (Å²) in [7, 11) is 0. The van der Waals surface area contributed by atoms with E-state index < -0.39 is 0 Å². The van der Waals surface area contributed by atoms with E-state index in [1.165, 1.54) is 25.7 Å². The van der Waals surface area contributed by atoms with Gasteiger partial charge in [-0.1, -0.05) is 19.9 Å². The summed E-state index contributed by atoms with van der Waals surface area (Å²) in [5.74, 6) is 2.69. The van der Waals surface area contributed by atoms with E-state index in [0.717, 1.165) is 23.1 Å². The van der Waals surface area contributed by atoms with Crippen molar-refractivity contribution in [2.24, 2.45) is 17.8 Å². The first-order valence-electron chi connectivity index (χ1n) is 6.73. The van der Waals surface area contributed by atoms with Gasteiger partial charge in [0.25, 0.3) is 0 Å². The molecule has 0 aliphatic heterocycles. The number of carbonyl (C=O) groups is 1. The van der Waals surface area contributed by atoms with Crippen molar-refractivity contribution < 1.29 is 4.79 Å². The van der Waals surface area contributed by atoms with Crippen molar-refractivity contribution in [3.8, 4) is 0 Å². The van der Waals surface area contributed by atoms with E-state index in [0.29, 0.717) is 11.7 Å². The summed E-state index contributed by atoms with van der Waals surface area (Å²) >= 11 is 1.58. The highest BCUT2D eigenvalue weighted by Gasteiger charge is 2.25. The molecule has 1 aliphatic rings. The fraction of sp³-hybridized carbons (Fsp3) is 0.667. The minimum Gasteiger partial charge on any atom is -0.293 e. The van der Waals surface area contributed by atoms with Crippen LogP contribution in [0.5, 0.6) is 0 Å². The van der Waals surface area contributed by atoms with Crippen molar-refractivity contribution in [3.05, 3.63) is 22.4 Å². The third kappa shape index (κ3) is 3.41. The molecule has 1 saturated carbocycles. The quantitative estimate of drug-likeness (QED) is 0.703. The Morgan fingerprint density at radius 3 is 2.59 bits per heavy atom. The summed E-state index contributed by atoms with van der Waals surface area (Å²) < 4.78 is 0. The second-order valence-electron chi connectivity index (χ2n) is 5.63. The van der Waals surface area contributed by atoms with Gasteiger partial charge in [-0.25, -0.2) is 0 Å². The van der Waals surface area contributed by atoms with Gasteiger partial charge < -0.3 is 0 Å². The molecule has 0 unspecified atom stereocenters. The van der Waals surface area contributed by atoms with Gasteiger partial charge in [0.1, 0.15) is 0 Å². The lowest BCUT2D eigenvalue weighted by atomic mass is 9.75. The van der Waals surface area contributed by atoms with Crippen LogP contribution in [-0.2, 0) is 0 Å². The van der Waals surface area contributed by atoms with Crippen molar-refractivity contribution in [3.63, 3.8) is 0 Å². The molecule has 1 nitrogen and oxygen atoms in total. The molecule has 1 aromatic rings. The summed E-state index contributed by atoms with van der Waals surface area (Å²) in [5, 5.41) is 1.99. The molecule has 17 heavy (non-hydrogen) atoms. The molecule has 0 spiro atoms. The van der Waals surface area contributed by atoms with Crippen molar-refractivity contribution in [1.29, 1.82) is 0 Å². The predicted octanol–water partition coefficient (Wildman–Crippen LogP) is 4.78. The Kier molecular flexibility index (Phi) is 4.38. The molecule has 94 valence electrons. The second kappa shape index (κ2) is 5.81. The van der Waals surface area contributed by atoms with Gasteiger partial charge in [0.05, 0.1) is 4.88 Å². The highest BCUT2D eigenvalue weighted by molar-refractivity contribution is 7.12. The summed E-state index contributed by atoms with van der Waals surface area (Å²) in [6.45, 7) is 4.64. The van der Waals surface area contributed by atoms with E-state index in [4.69, 9.17) is 0 Å². The number of Topliss-reactive ketones (excluding diaryl/α,β-unsaturated/α-hetero) is 1. The van der Waals surface area contributed by atoms with Crippen molar-refractivity contribution >= 4 is 17.1 Å². The minimum absolute atomic E-state index is 0.355. The van der Waals surface area contributed by atoms with Gasteiger partial charge in [0.15, 0.2) is 5.78 Å². The molecule has 1 aliphatic carbocycles. The molecule has 2 rings (SSSR count). The highest BCUT2D eigenvalue weighted by Crippen LogP contribution is 2.35. The summed E-state index contributed by atoms with van der Waals surface area (Å²) in [6, 6.07) is 3.92. The largest absolute Gasteiger partial charge is 0.293 e. The Balaban J connectivity index is 1.80. The normalized spacial score (nSPS) is 25.1. The van der Waals surface area contributed by atoms with Crippen LogP contribution in [0.25, 0.3) is 0 Å². The van der Waals surface area contributed by atoms with E-state index in [2.05, 4.69) is 13.8 Å². The molecule has 1 fully saturated rings. The first-order chi connectivity index (χ1) is 8.16. The van der Waals surface area contributed by atoms with Crippen LogP contribution in [0.2, 0.25) is 0 Å². The molecule has 0 atom stereocenters. The molecule has 0 radical (unpaired) electrons. The zero-order valence-electron chi connectivity index (χ0n) is 10.8.